The maximum Gasteiger partial charge on any atom is 0.226 e. The SMILES string of the molecule is Clc1nc(NCc2ccco2)c2[nH]c(Cl)nc2n1. The fraction of sp³-hybridized carbons (Fsp3) is 0.100. The normalized spacial score (nSPS) is 11.0. The molecule has 0 aromatic carbocycles. The van der Waals surface area contributed by atoms with Crippen molar-refractivity contribution in [3.05, 3.63) is 34.7 Å². The fourth-order valence-corrected chi connectivity index (χ4v) is 1.89. The molecule has 0 amide bonds. The van der Waals surface area contributed by atoms with E-state index < -0.39 is 0 Å². The predicted octanol–water partition coefficient (Wildman–Crippen LogP) is 2.86. The molecule has 0 saturated carbocycles. The summed E-state index contributed by atoms with van der Waals surface area (Å²) in [5.41, 5.74) is 1.03. The molecule has 3 rings (SSSR count). The number of halogens is 2. The predicted molar refractivity (Wildman–Crippen MR) is 67.7 cm³/mol. The highest BCUT2D eigenvalue weighted by molar-refractivity contribution is 6.30. The van der Waals surface area contributed by atoms with Crippen LogP contribution in [0.1, 0.15) is 5.76 Å². The Bertz CT molecular complexity index is 679. The third-order valence-electron chi connectivity index (χ3n) is 2.31. The Morgan fingerprint density at radius 2 is 2.17 bits per heavy atom. The van der Waals surface area contributed by atoms with Crippen LogP contribution in [0.4, 0.5) is 5.82 Å². The van der Waals surface area contributed by atoms with Crippen molar-refractivity contribution in [1.29, 1.82) is 0 Å². The molecule has 0 radical (unpaired) electrons. The van der Waals surface area contributed by atoms with Gasteiger partial charge in [0.2, 0.25) is 10.6 Å². The molecule has 6 nitrogen and oxygen atoms in total. The lowest BCUT2D eigenvalue weighted by molar-refractivity contribution is 0.518. The van der Waals surface area contributed by atoms with Gasteiger partial charge in [0.1, 0.15) is 11.3 Å². The lowest BCUT2D eigenvalue weighted by Crippen LogP contribution is -2.02. The first-order chi connectivity index (χ1) is 8.72. The van der Waals surface area contributed by atoms with Crippen molar-refractivity contribution in [3.63, 3.8) is 0 Å². The minimum absolute atomic E-state index is 0.104. The summed E-state index contributed by atoms with van der Waals surface area (Å²) in [7, 11) is 0. The number of furan rings is 1. The lowest BCUT2D eigenvalue weighted by atomic mass is 10.4. The van der Waals surface area contributed by atoms with Gasteiger partial charge >= 0.3 is 0 Å². The summed E-state index contributed by atoms with van der Waals surface area (Å²) in [6.07, 6.45) is 1.60. The van der Waals surface area contributed by atoms with Gasteiger partial charge < -0.3 is 14.7 Å². The van der Waals surface area contributed by atoms with Gasteiger partial charge in [-0.3, -0.25) is 0 Å². The summed E-state index contributed by atoms with van der Waals surface area (Å²) >= 11 is 11.6. The van der Waals surface area contributed by atoms with Gasteiger partial charge in [-0.1, -0.05) is 0 Å². The van der Waals surface area contributed by atoms with Gasteiger partial charge in [-0.05, 0) is 35.3 Å². The molecule has 0 atom stereocenters. The zero-order valence-corrected chi connectivity index (χ0v) is 10.5. The highest BCUT2D eigenvalue weighted by atomic mass is 35.5. The Kier molecular flexibility index (Phi) is 2.81. The first-order valence-electron chi connectivity index (χ1n) is 5.07. The monoisotopic (exact) mass is 283 g/mol. The van der Waals surface area contributed by atoms with Crippen molar-refractivity contribution in [1.82, 2.24) is 19.9 Å². The molecule has 3 aromatic rings. The van der Waals surface area contributed by atoms with Crippen LogP contribution < -0.4 is 5.32 Å². The smallest absolute Gasteiger partial charge is 0.226 e. The lowest BCUT2D eigenvalue weighted by Gasteiger charge is -2.04. The van der Waals surface area contributed by atoms with Crippen LogP contribution in [0, 0.1) is 0 Å². The van der Waals surface area contributed by atoms with E-state index in [1.54, 1.807) is 6.26 Å². The number of hydrogen-bond acceptors (Lipinski definition) is 5. The number of fused-ring (bicyclic) bond motifs is 1. The number of rotatable bonds is 3. The van der Waals surface area contributed by atoms with Gasteiger partial charge in [0.25, 0.3) is 0 Å². The summed E-state index contributed by atoms with van der Waals surface area (Å²) < 4.78 is 5.21. The maximum atomic E-state index is 5.81. The van der Waals surface area contributed by atoms with Crippen LogP contribution in [0.25, 0.3) is 11.2 Å². The summed E-state index contributed by atoms with van der Waals surface area (Å²) in [4.78, 5) is 14.9. The van der Waals surface area contributed by atoms with Gasteiger partial charge in [-0.15, -0.1) is 0 Å². The molecule has 0 aliphatic rings. The number of nitrogens with zero attached hydrogens (tertiary/aromatic N) is 3. The molecule has 8 heteroatoms. The van der Waals surface area contributed by atoms with E-state index in [4.69, 9.17) is 27.6 Å². The van der Waals surface area contributed by atoms with Crippen LogP contribution in [-0.2, 0) is 6.54 Å². The quantitative estimate of drug-likeness (QED) is 0.571. The molecule has 0 saturated heterocycles. The molecule has 0 fully saturated rings. The minimum Gasteiger partial charge on any atom is -0.467 e. The average molecular weight is 284 g/mol. The molecule has 0 unspecified atom stereocenters. The van der Waals surface area contributed by atoms with Crippen molar-refractivity contribution < 1.29 is 4.42 Å². The summed E-state index contributed by atoms with van der Waals surface area (Å²) in [6.45, 7) is 0.478. The van der Waals surface area contributed by atoms with E-state index in [0.29, 0.717) is 23.5 Å². The van der Waals surface area contributed by atoms with Crippen molar-refractivity contribution in [2.75, 3.05) is 5.32 Å². The van der Waals surface area contributed by atoms with Crippen molar-refractivity contribution in [3.8, 4) is 0 Å². The Morgan fingerprint density at radius 3 is 2.94 bits per heavy atom. The maximum absolute atomic E-state index is 5.81. The van der Waals surface area contributed by atoms with Crippen molar-refractivity contribution >= 4 is 40.2 Å². The van der Waals surface area contributed by atoms with E-state index >= 15 is 0 Å². The number of aromatic amines is 1. The molecule has 0 bridgehead atoms. The Labute approximate surface area is 111 Å². The Morgan fingerprint density at radius 1 is 1.28 bits per heavy atom. The fourth-order valence-electron chi connectivity index (χ4n) is 1.55. The molecule has 92 valence electrons. The summed E-state index contributed by atoms with van der Waals surface area (Å²) in [5.74, 6) is 1.31. The topological polar surface area (TPSA) is 79.6 Å². The molecule has 2 N–H and O–H groups in total. The van der Waals surface area contributed by atoms with E-state index in [1.165, 1.54) is 0 Å². The molecule has 3 heterocycles. The molecule has 0 spiro atoms. The van der Waals surface area contributed by atoms with E-state index in [0.717, 1.165) is 5.76 Å². The first-order valence-corrected chi connectivity index (χ1v) is 5.83. The molecule has 3 aromatic heterocycles. The van der Waals surface area contributed by atoms with Gasteiger partial charge in [0, 0.05) is 0 Å². The third-order valence-corrected chi connectivity index (χ3v) is 2.65. The molecule has 18 heavy (non-hydrogen) atoms. The number of nitrogens with one attached hydrogen (secondary N) is 2. The number of imidazole rings is 1. The van der Waals surface area contributed by atoms with Crippen LogP contribution >= 0.6 is 23.2 Å². The number of H-pyrrole nitrogens is 1. The van der Waals surface area contributed by atoms with E-state index in [1.807, 2.05) is 12.1 Å². The minimum atomic E-state index is 0.104. The van der Waals surface area contributed by atoms with Crippen LogP contribution in [0.3, 0.4) is 0 Å². The van der Waals surface area contributed by atoms with Gasteiger partial charge in [0.05, 0.1) is 12.8 Å². The molecular formula is C10H7Cl2N5O. The number of hydrogen-bond donors (Lipinski definition) is 2. The number of anilines is 1. The Hall–Kier alpha value is -1.79. The Balaban J connectivity index is 1.95. The van der Waals surface area contributed by atoms with E-state index in [9.17, 15) is 0 Å². The van der Waals surface area contributed by atoms with Gasteiger partial charge in [-0.2, -0.15) is 15.0 Å². The van der Waals surface area contributed by atoms with Gasteiger partial charge in [0.15, 0.2) is 11.5 Å². The van der Waals surface area contributed by atoms with E-state index in [-0.39, 0.29) is 10.6 Å². The molecule has 0 aliphatic carbocycles. The second-order valence-electron chi connectivity index (χ2n) is 3.50. The average Bonchev–Trinajstić information content (AvgIpc) is 2.93. The molecular weight excluding hydrogens is 277 g/mol. The van der Waals surface area contributed by atoms with Crippen LogP contribution in [0.15, 0.2) is 22.8 Å². The highest BCUT2D eigenvalue weighted by Gasteiger charge is 2.11. The van der Waals surface area contributed by atoms with E-state index in [2.05, 4.69) is 25.3 Å². The van der Waals surface area contributed by atoms with Gasteiger partial charge in [-0.25, -0.2) is 0 Å². The largest absolute Gasteiger partial charge is 0.467 e. The molecule has 0 aliphatic heterocycles. The second-order valence-corrected chi connectivity index (χ2v) is 4.20. The van der Waals surface area contributed by atoms with Crippen LogP contribution in [-0.4, -0.2) is 19.9 Å². The summed E-state index contributed by atoms with van der Waals surface area (Å²) in [5, 5.41) is 3.43. The van der Waals surface area contributed by atoms with Crippen LogP contribution in [0.2, 0.25) is 10.6 Å². The number of aromatic nitrogens is 4. The zero-order valence-electron chi connectivity index (χ0n) is 8.94. The second kappa shape index (κ2) is 4.47. The summed E-state index contributed by atoms with van der Waals surface area (Å²) in [6, 6.07) is 3.67. The standard InChI is InChI=1S/C10H7Cl2N5O/c11-9-14-6-7(13-4-5-2-1-3-18-5)15-10(12)17-8(6)16-9/h1-3H,4H2,(H2,13,14,15,16,17). The van der Waals surface area contributed by atoms with Crippen molar-refractivity contribution in [2.45, 2.75) is 6.54 Å². The highest BCUT2D eigenvalue weighted by Crippen LogP contribution is 2.22. The third kappa shape index (κ3) is 2.12. The first kappa shape index (κ1) is 11.3. The van der Waals surface area contributed by atoms with Crippen LogP contribution in [0.5, 0.6) is 0 Å². The zero-order chi connectivity index (χ0) is 12.5. The van der Waals surface area contributed by atoms with Crippen molar-refractivity contribution in [2.24, 2.45) is 0 Å².